The summed E-state index contributed by atoms with van der Waals surface area (Å²) in [6.07, 6.45) is 0. The van der Waals surface area contributed by atoms with E-state index in [1.165, 1.54) is 0 Å². The van der Waals surface area contributed by atoms with Crippen molar-refractivity contribution in [2.45, 2.75) is 41.5 Å². The molecule has 0 heterocycles. The molecule has 174 valence electrons. The van der Waals surface area contributed by atoms with Crippen LogP contribution in [-0.4, -0.2) is 93.4 Å². The second kappa shape index (κ2) is 16.2. The smallest absolute Gasteiger partial charge is 0.126 e. The van der Waals surface area contributed by atoms with E-state index in [9.17, 15) is 0 Å². The predicted octanol–water partition coefficient (Wildman–Crippen LogP) is 3.85. The Bertz CT molecular complexity index is 456. The van der Waals surface area contributed by atoms with Gasteiger partial charge in [-0.1, -0.05) is 41.5 Å². The molecule has 6 nitrogen and oxygen atoms in total. The molecular formula is C24H45N3O3. The molecule has 0 N–H and O–H groups in total. The highest BCUT2D eigenvalue weighted by Crippen LogP contribution is 2.28. The van der Waals surface area contributed by atoms with Gasteiger partial charge in [0.1, 0.15) is 37.1 Å². The Balaban J connectivity index is 2.73. The van der Waals surface area contributed by atoms with Crippen LogP contribution in [0.15, 0.2) is 18.2 Å². The maximum atomic E-state index is 6.04. The van der Waals surface area contributed by atoms with Gasteiger partial charge >= 0.3 is 0 Å². The topological polar surface area (TPSA) is 37.4 Å². The molecule has 30 heavy (non-hydrogen) atoms. The van der Waals surface area contributed by atoms with Gasteiger partial charge in [0.05, 0.1) is 0 Å². The molecule has 0 spiro atoms. The average Bonchev–Trinajstić information content (AvgIpc) is 2.77. The maximum absolute atomic E-state index is 6.04. The molecule has 1 aromatic rings. The summed E-state index contributed by atoms with van der Waals surface area (Å²) < 4.78 is 18.1. The first-order chi connectivity index (χ1) is 14.6. The Kier molecular flexibility index (Phi) is 14.4. The van der Waals surface area contributed by atoms with Crippen LogP contribution in [-0.2, 0) is 0 Å². The van der Waals surface area contributed by atoms with Gasteiger partial charge in [0.15, 0.2) is 0 Å². The van der Waals surface area contributed by atoms with Gasteiger partial charge in [0, 0.05) is 37.8 Å². The Labute approximate surface area is 185 Å². The molecule has 0 aliphatic rings. The average molecular weight is 424 g/mol. The predicted molar refractivity (Wildman–Crippen MR) is 126 cm³/mol. The molecule has 0 radical (unpaired) electrons. The van der Waals surface area contributed by atoms with Crippen LogP contribution in [0.2, 0.25) is 0 Å². The second-order valence-corrected chi connectivity index (χ2v) is 7.27. The van der Waals surface area contributed by atoms with E-state index < -0.39 is 0 Å². The zero-order valence-electron chi connectivity index (χ0n) is 20.3. The van der Waals surface area contributed by atoms with E-state index in [-0.39, 0.29) is 0 Å². The fourth-order valence-corrected chi connectivity index (χ4v) is 3.29. The third kappa shape index (κ3) is 10.5. The van der Waals surface area contributed by atoms with Crippen LogP contribution in [0.5, 0.6) is 17.2 Å². The van der Waals surface area contributed by atoms with Crippen molar-refractivity contribution in [3.05, 3.63) is 18.2 Å². The Hall–Kier alpha value is -1.50. The number of likely N-dealkylation sites (N-methyl/N-ethyl adjacent to an activating group) is 3. The first-order valence-corrected chi connectivity index (χ1v) is 11.8. The molecule has 0 aromatic heterocycles. The number of benzene rings is 1. The highest BCUT2D eigenvalue weighted by Gasteiger charge is 2.08. The lowest BCUT2D eigenvalue weighted by atomic mass is 10.3. The Morgan fingerprint density at radius 1 is 0.467 bits per heavy atom. The first kappa shape index (κ1) is 26.5. The summed E-state index contributed by atoms with van der Waals surface area (Å²) in [5.74, 6) is 2.42. The number of hydrogen-bond donors (Lipinski definition) is 0. The minimum absolute atomic E-state index is 0.656. The summed E-state index contributed by atoms with van der Waals surface area (Å²) >= 11 is 0. The fourth-order valence-electron chi connectivity index (χ4n) is 3.29. The van der Waals surface area contributed by atoms with Gasteiger partial charge in [-0.3, -0.25) is 0 Å². The SMILES string of the molecule is CCN(CC)CCOc1cc(OCCN(CC)CC)cc(OCCN(CC)CC)c1. The molecule has 0 aliphatic carbocycles. The Morgan fingerprint density at radius 2 is 0.700 bits per heavy atom. The highest BCUT2D eigenvalue weighted by atomic mass is 16.5. The molecular weight excluding hydrogens is 378 g/mol. The zero-order valence-corrected chi connectivity index (χ0v) is 20.3. The van der Waals surface area contributed by atoms with E-state index in [1.54, 1.807) is 0 Å². The van der Waals surface area contributed by atoms with Crippen LogP contribution in [0.25, 0.3) is 0 Å². The molecule has 0 atom stereocenters. The summed E-state index contributed by atoms with van der Waals surface area (Å²) in [5.41, 5.74) is 0. The van der Waals surface area contributed by atoms with Crippen LogP contribution in [0.3, 0.4) is 0 Å². The third-order valence-electron chi connectivity index (χ3n) is 5.57. The van der Waals surface area contributed by atoms with Crippen LogP contribution >= 0.6 is 0 Å². The molecule has 0 saturated carbocycles. The lowest BCUT2D eigenvalue weighted by Gasteiger charge is -2.20. The summed E-state index contributed by atoms with van der Waals surface area (Å²) in [7, 11) is 0. The summed E-state index contributed by atoms with van der Waals surface area (Å²) in [4.78, 5) is 7.06. The lowest BCUT2D eigenvalue weighted by Crippen LogP contribution is -2.28. The molecule has 1 rings (SSSR count). The van der Waals surface area contributed by atoms with E-state index in [0.717, 1.165) is 76.2 Å². The molecule has 1 aromatic carbocycles. The van der Waals surface area contributed by atoms with Gasteiger partial charge in [0.2, 0.25) is 0 Å². The largest absolute Gasteiger partial charge is 0.492 e. The molecule has 0 amide bonds. The quantitative estimate of drug-likeness (QED) is 0.357. The third-order valence-corrected chi connectivity index (χ3v) is 5.57. The van der Waals surface area contributed by atoms with Crippen molar-refractivity contribution in [2.75, 3.05) is 78.7 Å². The fraction of sp³-hybridized carbons (Fsp3) is 0.750. The minimum atomic E-state index is 0.656. The number of nitrogens with zero attached hydrogens (tertiary/aromatic N) is 3. The van der Waals surface area contributed by atoms with Gasteiger partial charge in [-0.05, 0) is 39.3 Å². The van der Waals surface area contributed by atoms with Crippen molar-refractivity contribution in [1.82, 2.24) is 14.7 Å². The van der Waals surface area contributed by atoms with Crippen molar-refractivity contribution < 1.29 is 14.2 Å². The van der Waals surface area contributed by atoms with E-state index in [0.29, 0.717) is 19.8 Å². The van der Waals surface area contributed by atoms with Crippen LogP contribution in [0, 0.1) is 0 Å². The maximum Gasteiger partial charge on any atom is 0.126 e. The molecule has 0 saturated heterocycles. The van der Waals surface area contributed by atoms with Crippen molar-refractivity contribution in [3.63, 3.8) is 0 Å². The number of hydrogen-bond acceptors (Lipinski definition) is 6. The molecule has 0 aliphatic heterocycles. The Morgan fingerprint density at radius 3 is 0.900 bits per heavy atom. The van der Waals surface area contributed by atoms with Crippen molar-refractivity contribution >= 4 is 0 Å². The molecule has 0 bridgehead atoms. The molecule has 0 fully saturated rings. The monoisotopic (exact) mass is 423 g/mol. The van der Waals surface area contributed by atoms with Crippen molar-refractivity contribution in [1.29, 1.82) is 0 Å². The second-order valence-electron chi connectivity index (χ2n) is 7.27. The van der Waals surface area contributed by atoms with E-state index in [4.69, 9.17) is 14.2 Å². The number of ether oxygens (including phenoxy) is 3. The van der Waals surface area contributed by atoms with Crippen molar-refractivity contribution in [3.8, 4) is 17.2 Å². The summed E-state index contributed by atoms with van der Waals surface area (Å²) in [6.45, 7) is 24.0. The summed E-state index contributed by atoms with van der Waals surface area (Å²) in [5, 5.41) is 0. The van der Waals surface area contributed by atoms with Crippen LogP contribution in [0.1, 0.15) is 41.5 Å². The standard InChI is InChI=1S/C24H45N3O3/c1-7-25(8-2)13-16-28-22-19-23(29-17-14-26(9-3)10-4)21-24(20-22)30-18-15-27(11-5)12-6/h19-21H,7-18H2,1-6H3. The van der Waals surface area contributed by atoms with Crippen molar-refractivity contribution in [2.24, 2.45) is 0 Å². The van der Waals surface area contributed by atoms with Gasteiger partial charge in [-0.25, -0.2) is 0 Å². The lowest BCUT2D eigenvalue weighted by molar-refractivity contribution is 0.209. The van der Waals surface area contributed by atoms with E-state index in [1.807, 2.05) is 18.2 Å². The van der Waals surface area contributed by atoms with Crippen LogP contribution in [0.4, 0.5) is 0 Å². The van der Waals surface area contributed by atoms with E-state index >= 15 is 0 Å². The zero-order chi connectivity index (χ0) is 22.2. The van der Waals surface area contributed by atoms with Gasteiger partial charge in [-0.15, -0.1) is 0 Å². The minimum Gasteiger partial charge on any atom is -0.492 e. The van der Waals surface area contributed by atoms with Gasteiger partial charge in [0.25, 0.3) is 0 Å². The van der Waals surface area contributed by atoms with Crippen LogP contribution < -0.4 is 14.2 Å². The molecule has 0 unspecified atom stereocenters. The normalized spacial score (nSPS) is 11.5. The summed E-state index contributed by atoms with van der Waals surface area (Å²) in [6, 6.07) is 5.92. The van der Waals surface area contributed by atoms with E-state index in [2.05, 4.69) is 56.2 Å². The highest BCUT2D eigenvalue weighted by molar-refractivity contribution is 5.42. The van der Waals surface area contributed by atoms with Gasteiger partial charge < -0.3 is 28.9 Å². The number of rotatable bonds is 18. The molecule has 6 heteroatoms. The first-order valence-electron chi connectivity index (χ1n) is 11.8. The van der Waals surface area contributed by atoms with Gasteiger partial charge in [-0.2, -0.15) is 0 Å².